The van der Waals surface area contributed by atoms with Crippen molar-refractivity contribution < 1.29 is 9.47 Å². The monoisotopic (exact) mass is 473 g/mol. The molecule has 7 heteroatoms. The Bertz CT molecular complexity index is 1080. The molecule has 35 heavy (non-hydrogen) atoms. The predicted octanol–water partition coefficient (Wildman–Crippen LogP) is 4.74. The highest BCUT2D eigenvalue weighted by Crippen LogP contribution is 2.30. The third kappa shape index (κ3) is 6.22. The van der Waals surface area contributed by atoms with E-state index >= 15 is 0 Å². The van der Waals surface area contributed by atoms with Crippen molar-refractivity contribution in [3.63, 3.8) is 0 Å². The highest BCUT2D eigenvalue weighted by Gasteiger charge is 2.27. The lowest BCUT2D eigenvalue weighted by atomic mass is 10.1. The second kappa shape index (κ2) is 11.4. The van der Waals surface area contributed by atoms with Gasteiger partial charge in [-0.3, -0.25) is 4.90 Å². The van der Waals surface area contributed by atoms with Crippen LogP contribution in [0, 0.1) is 0 Å². The van der Waals surface area contributed by atoms with E-state index < -0.39 is 0 Å². The van der Waals surface area contributed by atoms with Gasteiger partial charge in [0.1, 0.15) is 12.4 Å². The SMILES string of the molecule is COc1cc(CN2CC(Nc3nccc(N4CCCCCC4)n3)C2)ccc1OCc1ccccc1. The van der Waals surface area contributed by atoms with Crippen LogP contribution in [0.4, 0.5) is 11.8 Å². The number of benzene rings is 2. The molecule has 0 unspecified atom stereocenters. The van der Waals surface area contributed by atoms with Crippen LogP contribution < -0.4 is 19.7 Å². The minimum Gasteiger partial charge on any atom is -0.493 e. The van der Waals surface area contributed by atoms with Crippen molar-refractivity contribution in [2.45, 2.75) is 44.9 Å². The van der Waals surface area contributed by atoms with Gasteiger partial charge in [-0.15, -0.1) is 0 Å². The zero-order valence-electron chi connectivity index (χ0n) is 20.5. The molecule has 5 rings (SSSR count). The molecule has 0 spiro atoms. The third-order valence-electron chi connectivity index (χ3n) is 6.73. The average molecular weight is 474 g/mol. The zero-order chi connectivity index (χ0) is 23.9. The smallest absolute Gasteiger partial charge is 0.224 e. The molecule has 0 radical (unpaired) electrons. The van der Waals surface area contributed by atoms with Gasteiger partial charge in [0.25, 0.3) is 0 Å². The summed E-state index contributed by atoms with van der Waals surface area (Å²) >= 11 is 0. The predicted molar refractivity (Wildman–Crippen MR) is 139 cm³/mol. The number of hydrogen-bond acceptors (Lipinski definition) is 7. The van der Waals surface area contributed by atoms with E-state index in [1.807, 2.05) is 36.5 Å². The number of ether oxygens (including phenoxy) is 2. The normalized spacial score (nSPS) is 16.9. The lowest BCUT2D eigenvalue weighted by Gasteiger charge is -2.39. The van der Waals surface area contributed by atoms with Gasteiger partial charge in [-0.25, -0.2) is 4.98 Å². The van der Waals surface area contributed by atoms with Crippen LogP contribution in [0.25, 0.3) is 0 Å². The van der Waals surface area contributed by atoms with Crippen molar-refractivity contribution in [2.75, 3.05) is 43.5 Å². The van der Waals surface area contributed by atoms with E-state index in [9.17, 15) is 0 Å². The molecule has 1 N–H and O–H groups in total. The Hall–Kier alpha value is -3.32. The molecule has 1 aromatic heterocycles. The van der Waals surface area contributed by atoms with E-state index in [-0.39, 0.29) is 0 Å². The van der Waals surface area contributed by atoms with Crippen LogP contribution in [-0.4, -0.2) is 54.2 Å². The van der Waals surface area contributed by atoms with E-state index in [0.717, 1.165) is 61.6 Å². The second-order valence-electron chi connectivity index (χ2n) is 9.43. The maximum absolute atomic E-state index is 5.99. The average Bonchev–Trinajstić information content (AvgIpc) is 3.17. The molecule has 2 aliphatic rings. The third-order valence-corrected chi connectivity index (χ3v) is 6.73. The van der Waals surface area contributed by atoms with Gasteiger partial charge in [-0.1, -0.05) is 49.2 Å². The first-order valence-corrected chi connectivity index (χ1v) is 12.7. The molecule has 0 atom stereocenters. The number of nitrogens with one attached hydrogen (secondary N) is 1. The fourth-order valence-electron chi connectivity index (χ4n) is 4.79. The summed E-state index contributed by atoms with van der Waals surface area (Å²) in [5.41, 5.74) is 2.35. The molecule has 2 aromatic carbocycles. The number of nitrogens with zero attached hydrogens (tertiary/aromatic N) is 4. The summed E-state index contributed by atoms with van der Waals surface area (Å²) in [7, 11) is 1.69. The molecule has 3 aromatic rings. The van der Waals surface area contributed by atoms with Crippen molar-refractivity contribution in [3.8, 4) is 11.5 Å². The van der Waals surface area contributed by atoms with Gasteiger partial charge in [0.05, 0.1) is 13.2 Å². The molecular formula is C28H35N5O2. The number of hydrogen-bond donors (Lipinski definition) is 1. The first-order chi connectivity index (χ1) is 17.3. The van der Waals surface area contributed by atoms with Crippen LogP contribution in [0.15, 0.2) is 60.8 Å². The fraction of sp³-hybridized carbons (Fsp3) is 0.429. The highest BCUT2D eigenvalue weighted by atomic mass is 16.5. The Kier molecular flexibility index (Phi) is 7.63. The van der Waals surface area contributed by atoms with Crippen LogP contribution in [0.3, 0.4) is 0 Å². The first-order valence-electron chi connectivity index (χ1n) is 12.7. The summed E-state index contributed by atoms with van der Waals surface area (Å²) in [5.74, 6) is 3.32. The lowest BCUT2D eigenvalue weighted by Crippen LogP contribution is -2.54. The molecule has 7 nitrogen and oxygen atoms in total. The van der Waals surface area contributed by atoms with Gasteiger partial charge in [0.2, 0.25) is 5.95 Å². The lowest BCUT2D eigenvalue weighted by molar-refractivity contribution is 0.152. The number of anilines is 2. The second-order valence-corrected chi connectivity index (χ2v) is 9.43. The van der Waals surface area contributed by atoms with Crippen molar-refractivity contribution >= 4 is 11.8 Å². The topological polar surface area (TPSA) is 62.8 Å². The van der Waals surface area contributed by atoms with E-state index in [1.165, 1.54) is 31.2 Å². The Morgan fingerprint density at radius 2 is 1.71 bits per heavy atom. The summed E-state index contributed by atoms with van der Waals surface area (Å²) in [6.45, 7) is 5.51. The van der Waals surface area contributed by atoms with Crippen LogP contribution in [0.5, 0.6) is 11.5 Å². The van der Waals surface area contributed by atoms with Crippen molar-refractivity contribution in [1.29, 1.82) is 0 Å². The van der Waals surface area contributed by atoms with Gasteiger partial charge >= 0.3 is 0 Å². The summed E-state index contributed by atoms with van der Waals surface area (Å²) in [6, 6.07) is 18.8. The van der Waals surface area contributed by atoms with Crippen LogP contribution in [-0.2, 0) is 13.2 Å². The molecule has 0 bridgehead atoms. The fourth-order valence-corrected chi connectivity index (χ4v) is 4.79. The number of likely N-dealkylation sites (tertiary alicyclic amines) is 1. The van der Waals surface area contributed by atoms with Crippen LogP contribution in [0.1, 0.15) is 36.8 Å². The highest BCUT2D eigenvalue weighted by molar-refractivity contribution is 5.44. The van der Waals surface area contributed by atoms with Gasteiger partial charge < -0.3 is 19.7 Å². The molecule has 2 saturated heterocycles. The Morgan fingerprint density at radius 3 is 2.49 bits per heavy atom. The van der Waals surface area contributed by atoms with E-state index in [2.05, 4.69) is 44.4 Å². The maximum atomic E-state index is 5.99. The van der Waals surface area contributed by atoms with Crippen molar-refractivity contribution in [2.24, 2.45) is 0 Å². The standard InChI is InChI=1S/C28H35N5O2/c1-34-26-17-23(11-12-25(26)35-21-22-9-5-4-6-10-22)18-32-19-24(20-32)30-28-29-14-13-27(31-28)33-15-7-2-3-8-16-33/h4-6,9-14,17,24H,2-3,7-8,15-16,18-21H2,1H3,(H,29,30,31). The molecule has 0 amide bonds. The molecular weight excluding hydrogens is 438 g/mol. The molecule has 2 fully saturated rings. The first kappa shape index (κ1) is 23.4. The summed E-state index contributed by atoms with van der Waals surface area (Å²) in [5, 5.41) is 3.52. The maximum Gasteiger partial charge on any atom is 0.224 e. The quantitative estimate of drug-likeness (QED) is 0.482. The molecule has 2 aliphatic heterocycles. The van der Waals surface area contributed by atoms with Gasteiger partial charge in [0, 0.05) is 38.9 Å². The van der Waals surface area contributed by atoms with E-state index in [4.69, 9.17) is 14.5 Å². The number of rotatable bonds is 9. The van der Waals surface area contributed by atoms with Gasteiger partial charge in [-0.2, -0.15) is 4.98 Å². The summed E-state index contributed by atoms with van der Waals surface area (Å²) < 4.78 is 11.6. The van der Waals surface area contributed by atoms with E-state index in [0.29, 0.717) is 12.6 Å². The molecule has 3 heterocycles. The van der Waals surface area contributed by atoms with Gasteiger partial charge in [-0.05, 0) is 42.2 Å². The summed E-state index contributed by atoms with van der Waals surface area (Å²) in [6.07, 6.45) is 7.00. The van der Waals surface area contributed by atoms with Crippen LogP contribution >= 0.6 is 0 Å². The van der Waals surface area contributed by atoms with Crippen molar-refractivity contribution in [1.82, 2.24) is 14.9 Å². The zero-order valence-corrected chi connectivity index (χ0v) is 20.5. The number of aromatic nitrogens is 2. The van der Waals surface area contributed by atoms with Crippen LogP contribution in [0.2, 0.25) is 0 Å². The van der Waals surface area contributed by atoms with Crippen molar-refractivity contribution in [3.05, 3.63) is 71.9 Å². The van der Waals surface area contributed by atoms with E-state index in [1.54, 1.807) is 7.11 Å². The Labute approximate surface area is 208 Å². The molecule has 0 saturated carbocycles. The minimum atomic E-state index is 0.366. The summed E-state index contributed by atoms with van der Waals surface area (Å²) in [4.78, 5) is 14.1. The van der Waals surface area contributed by atoms with Gasteiger partial charge in [0.15, 0.2) is 11.5 Å². The minimum absolute atomic E-state index is 0.366. The Balaban J connectivity index is 1.11. The number of methoxy groups -OCH3 is 1. The largest absolute Gasteiger partial charge is 0.493 e. The molecule has 184 valence electrons. The molecule has 0 aliphatic carbocycles. The Morgan fingerprint density at radius 1 is 0.914 bits per heavy atom.